The lowest BCUT2D eigenvalue weighted by molar-refractivity contribution is -0.00412. The van der Waals surface area contributed by atoms with Gasteiger partial charge in [-0.3, -0.25) is 0 Å². The van der Waals surface area contributed by atoms with E-state index in [1.54, 1.807) is 12.1 Å². The quantitative estimate of drug-likeness (QED) is 0.879. The number of rotatable bonds is 6. The molecule has 0 saturated carbocycles. The van der Waals surface area contributed by atoms with E-state index in [-0.39, 0.29) is 24.5 Å². The molecule has 1 saturated heterocycles. The van der Waals surface area contributed by atoms with Crippen LogP contribution in [0.25, 0.3) is 11.4 Å². The number of hydrogen-bond acceptors (Lipinski definition) is 6. The summed E-state index contributed by atoms with van der Waals surface area (Å²) in [4.78, 5) is 4.17. The van der Waals surface area contributed by atoms with Gasteiger partial charge in [-0.25, -0.2) is 4.39 Å². The standard InChI is InChI=1S/C16H20FN3O3/c17-14-6-11(7-18)3-4-13(14)16-19-15(23-20-16)10-22-9-12-2-1-5-21-8-12/h3-4,6,12H,1-2,5,7-10,18H2. The number of benzene rings is 1. The molecule has 0 amide bonds. The van der Waals surface area contributed by atoms with E-state index in [1.807, 2.05) is 0 Å². The topological polar surface area (TPSA) is 83.4 Å². The molecule has 2 aromatic rings. The van der Waals surface area contributed by atoms with Gasteiger partial charge in [-0.1, -0.05) is 11.2 Å². The molecule has 1 fully saturated rings. The molecule has 1 atom stereocenters. The Morgan fingerprint density at radius 1 is 1.39 bits per heavy atom. The summed E-state index contributed by atoms with van der Waals surface area (Å²) in [6.07, 6.45) is 2.17. The smallest absolute Gasteiger partial charge is 0.252 e. The first-order chi connectivity index (χ1) is 11.3. The molecule has 2 heterocycles. The Morgan fingerprint density at radius 2 is 2.30 bits per heavy atom. The summed E-state index contributed by atoms with van der Waals surface area (Å²) in [5, 5.41) is 3.81. The van der Waals surface area contributed by atoms with E-state index in [2.05, 4.69) is 10.1 Å². The minimum atomic E-state index is -0.416. The highest BCUT2D eigenvalue weighted by Crippen LogP contribution is 2.21. The number of hydrogen-bond donors (Lipinski definition) is 1. The number of halogens is 1. The molecule has 2 N–H and O–H groups in total. The molecule has 0 bridgehead atoms. The van der Waals surface area contributed by atoms with Crippen molar-refractivity contribution < 1.29 is 18.4 Å². The molecular weight excluding hydrogens is 301 g/mol. The van der Waals surface area contributed by atoms with Crippen molar-refractivity contribution in [2.45, 2.75) is 26.0 Å². The minimum Gasteiger partial charge on any atom is -0.381 e. The fourth-order valence-electron chi connectivity index (χ4n) is 2.54. The Balaban J connectivity index is 1.57. The molecule has 7 heteroatoms. The maximum absolute atomic E-state index is 14.0. The number of ether oxygens (including phenoxy) is 2. The zero-order valence-corrected chi connectivity index (χ0v) is 12.8. The van der Waals surface area contributed by atoms with Crippen molar-refractivity contribution in [1.82, 2.24) is 10.1 Å². The second-order valence-electron chi connectivity index (χ2n) is 5.63. The highest BCUT2D eigenvalue weighted by Gasteiger charge is 2.16. The predicted molar refractivity (Wildman–Crippen MR) is 80.8 cm³/mol. The van der Waals surface area contributed by atoms with Crippen LogP contribution in [-0.4, -0.2) is 30.0 Å². The summed E-state index contributed by atoms with van der Waals surface area (Å²) in [6.45, 7) is 2.66. The van der Waals surface area contributed by atoms with E-state index >= 15 is 0 Å². The maximum Gasteiger partial charge on any atom is 0.252 e. The lowest BCUT2D eigenvalue weighted by Gasteiger charge is -2.21. The molecule has 1 aromatic carbocycles. The Hall–Kier alpha value is -1.83. The molecule has 1 aromatic heterocycles. The second kappa shape index (κ2) is 7.63. The molecule has 23 heavy (non-hydrogen) atoms. The average molecular weight is 321 g/mol. The lowest BCUT2D eigenvalue weighted by atomic mass is 10.0. The van der Waals surface area contributed by atoms with E-state index in [0.717, 1.165) is 26.1 Å². The molecule has 1 unspecified atom stereocenters. The van der Waals surface area contributed by atoms with E-state index in [9.17, 15) is 4.39 Å². The molecule has 1 aliphatic rings. The molecular formula is C16H20FN3O3. The molecule has 1 aliphatic heterocycles. The third-order valence-corrected chi connectivity index (χ3v) is 3.81. The summed E-state index contributed by atoms with van der Waals surface area (Å²) in [5.41, 5.74) is 6.49. The van der Waals surface area contributed by atoms with Crippen LogP contribution in [-0.2, 0) is 22.6 Å². The van der Waals surface area contributed by atoms with Gasteiger partial charge in [0.05, 0.1) is 18.8 Å². The van der Waals surface area contributed by atoms with Crippen LogP contribution < -0.4 is 5.73 Å². The normalized spacial score (nSPS) is 18.3. The summed E-state index contributed by atoms with van der Waals surface area (Å²) < 4.78 is 30.1. The zero-order chi connectivity index (χ0) is 16.1. The largest absolute Gasteiger partial charge is 0.381 e. The van der Waals surface area contributed by atoms with Gasteiger partial charge in [0.1, 0.15) is 12.4 Å². The molecule has 0 aliphatic carbocycles. The fraction of sp³-hybridized carbons (Fsp3) is 0.500. The van der Waals surface area contributed by atoms with Crippen LogP contribution in [0.2, 0.25) is 0 Å². The van der Waals surface area contributed by atoms with E-state index in [1.165, 1.54) is 6.07 Å². The van der Waals surface area contributed by atoms with Gasteiger partial charge < -0.3 is 19.7 Å². The van der Waals surface area contributed by atoms with Crippen molar-refractivity contribution in [3.63, 3.8) is 0 Å². The van der Waals surface area contributed by atoms with Crippen LogP contribution in [0.1, 0.15) is 24.3 Å². The van der Waals surface area contributed by atoms with E-state index in [4.69, 9.17) is 19.7 Å². The number of nitrogens with zero attached hydrogens (tertiary/aromatic N) is 2. The second-order valence-corrected chi connectivity index (χ2v) is 5.63. The predicted octanol–water partition coefficient (Wildman–Crippen LogP) is 2.28. The van der Waals surface area contributed by atoms with Crippen LogP contribution in [0, 0.1) is 11.7 Å². The van der Waals surface area contributed by atoms with Crippen LogP contribution >= 0.6 is 0 Å². The van der Waals surface area contributed by atoms with Crippen LogP contribution in [0.5, 0.6) is 0 Å². The van der Waals surface area contributed by atoms with Crippen molar-refractivity contribution in [2.24, 2.45) is 11.7 Å². The van der Waals surface area contributed by atoms with Gasteiger partial charge in [0, 0.05) is 19.1 Å². The summed E-state index contributed by atoms with van der Waals surface area (Å²) in [5.74, 6) is 0.540. The maximum atomic E-state index is 14.0. The Labute approximate surface area is 133 Å². The number of aromatic nitrogens is 2. The molecule has 124 valence electrons. The summed E-state index contributed by atoms with van der Waals surface area (Å²) in [7, 11) is 0. The SMILES string of the molecule is NCc1ccc(-c2noc(COCC3CCCOC3)n2)c(F)c1. The molecule has 3 rings (SSSR count). The van der Waals surface area contributed by atoms with Gasteiger partial charge in [0.15, 0.2) is 0 Å². The monoisotopic (exact) mass is 321 g/mol. The van der Waals surface area contributed by atoms with Crippen molar-refractivity contribution in [3.05, 3.63) is 35.5 Å². The summed E-state index contributed by atoms with van der Waals surface area (Å²) >= 11 is 0. The third-order valence-electron chi connectivity index (χ3n) is 3.81. The highest BCUT2D eigenvalue weighted by molar-refractivity contribution is 5.55. The Morgan fingerprint density at radius 3 is 3.04 bits per heavy atom. The van der Waals surface area contributed by atoms with Gasteiger partial charge in [0.2, 0.25) is 5.82 Å². The van der Waals surface area contributed by atoms with Crippen molar-refractivity contribution in [2.75, 3.05) is 19.8 Å². The van der Waals surface area contributed by atoms with Crippen LogP contribution in [0.4, 0.5) is 4.39 Å². The van der Waals surface area contributed by atoms with Crippen LogP contribution in [0.15, 0.2) is 22.7 Å². The van der Waals surface area contributed by atoms with Crippen molar-refractivity contribution in [1.29, 1.82) is 0 Å². The van der Waals surface area contributed by atoms with Gasteiger partial charge in [-0.05, 0) is 30.5 Å². The highest BCUT2D eigenvalue weighted by atomic mass is 19.1. The average Bonchev–Trinajstić information content (AvgIpc) is 3.04. The Bertz CT molecular complexity index is 641. The molecule has 0 radical (unpaired) electrons. The van der Waals surface area contributed by atoms with E-state index in [0.29, 0.717) is 24.0 Å². The first kappa shape index (κ1) is 16.0. The zero-order valence-electron chi connectivity index (χ0n) is 12.8. The minimum absolute atomic E-state index is 0.214. The Kier molecular flexibility index (Phi) is 5.32. The van der Waals surface area contributed by atoms with Crippen molar-refractivity contribution in [3.8, 4) is 11.4 Å². The van der Waals surface area contributed by atoms with E-state index < -0.39 is 5.82 Å². The third kappa shape index (κ3) is 4.13. The first-order valence-corrected chi connectivity index (χ1v) is 7.73. The first-order valence-electron chi connectivity index (χ1n) is 7.73. The van der Waals surface area contributed by atoms with Gasteiger partial charge in [0.25, 0.3) is 5.89 Å². The molecule has 6 nitrogen and oxygen atoms in total. The van der Waals surface area contributed by atoms with Gasteiger partial charge in [-0.2, -0.15) is 4.98 Å². The summed E-state index contributed by atoms with van der Waals surface area (Å²) in [6, 6.07) is 4.73. The fourth-order valence-corrected chi connectivity index (χ4v) is 2.54. The van der Waals surface area contributed by atoms with Crippen molar-refractivity contribution >= 4 is 0 Å². The molecule has 0 spiro atoms. The van der Waals surface area contributed by atoms with Crippen LogP contribution in [0.3, 0.4) is 0 Å². The van der Waals surface area contributed by atoms with Gasteiger partial charge in [-0.15, -0.1) is 0 Å². The van der Waals surface area contributed by atoms with Gasteiger partial charge >= 0.3 is 0 Å². The number of nitrogens with two attached hydrogens (primary N) is 1. The lowest BCUT2D eigenvalue weighted by Crippen LogP contribution is -2.21.